The zero-order chi connectivity index (χ0) is 17.3. The third-order valence-corrected chi connectivity index (χ3v) is 7.41. The van der Waals surface area contributed by atoms with Gasteiger partial charge in [-0.1, -0.05) is 23.4 Å². The molecule has 0 aromatic heterocycles. The Labute approximate surface area is 150 Å². The maximum atomic E-state index is 12.1. The van der Waals surface area contributed by atoms with E-state index >= 15 is 0 Å². The van der Waals surface area contributed by atoms with Gasteiger partial charge < -0.3 is 9.64 Å². The third-order valence-electron chi connectivity index (χ3n) is 3.91. The summed E-state index contributed by atoms with van der Waals surface area (Å²) >= 11 is 7.16. The number of amides is 1. The quantitative estimate of drug-likeness (QED) is 0.783. The van der Waals surface area contributed by atoms with E-state index in [-0.39, 0.29) is 29.4 Å². The van der Waals surface area contributed by atoms with Crippen LogP contribution in [0.1, 0.15) is 6.92 Å². The van der Waals surface area contributed by atoms with Gasteiger partial charge in [0.15, 0.2) is 21.6 Å². The van der Waals surface area contributed by atoms with Crippen molar-refractivity contribution in [1.82, 2.24) is 4.90 Å². The van der Waals surface area contributed by atoms with Gasteiger partial charge in [-0.25, -0.2) is 8.42 Å². The molecule has 24 heavy (non-hydrogen) atoms. The zero-order valence-corrected chi connectivity index (χ0v) is 15.4. The molecule has 6 nitrogen and oxygen atoms in total. The van der Waals surface area contributed by atoms with E-state index in [0.29, 0.717) is 22.5 Å². The van der Waals surface area contributed by atoms with Gasteiger partial charge in [-0.05, 0) is 31.2 Å². The van der Waals surface area contributed by atoms with E-state index in [1.165, 1.54) is 11.8 Å². The van der Waals surface area contributed by atoms with Crippen molar-refractivity contribution in [2.24, 2.45) is 4.99 Å². The summed E-state index contributed by atoms with van der Waals surface area (Å²) in [5, 5.41) is 1.14. The van der Waals surface area contributed by atoms with E-state index in [0.717, 1.165) is 0 Å². The van der Waals surface area contributed by atoms with E-state index in [9.17, 15) is 13.2 Å². The lowest BCUT2D eigenvalue weighted by atomic mass is 10.2. The second-order valence-corrected chi connectivity index (χ2v) is 9.41. The van der Waals surface area contributed by atoms with Crippen LogP contribution in [-0.2, 0) is 14.6 Å². The third kappa shape index (κ3) is 3.87. The number of sulfone groups is 1. The number of carbonyl (C=O) groups is 1. The van der Waals surface area contributed by atoms with Crippen LogP contribution in [0.4, 0.5) is 0 Å². The normalized spacial score (nSPS) is 26.6. The van der Waals surface area contributed by atoms with Crippen LogP contribution in [0.15, 0.2) is 29.3 Å². The summed E-state index contributed by atoms with van der Waals surface area (Å²) in [6.45, 7) is 2.38. The fourth-order valence-electron chi connectivity index (χ4n) is 2.82. The zero-order valence-electron chi connectivity index (χ0n) is 13.0. The summed E-state index contributed by atoms with van der Waals surface area (Å²) in [6.07, 6.45) is 0. The monoisotopic (exact) mass is 388 g/mol. The number of amidine groups is 1. The van der Waals surface area contributed by atoms with E-state index in [1.54, 1.807) is 24.3 Å². The lowest BCUT2D eigenvalue weighted by Crippen LogP contribution is -2.37. The molecule has 0 unspecified atom stereocenters. The molecule has 2 heterocycles. The highest BCUT2D eigenvalue weighted by molar-refractivity contribution is 8.15. The predicted octanol–water partition coefficient (Wildman–Crippen LogP) is 1.84. The predicted molar refractivity (Wildman–Crippen MR) is 95.6 cm³/mol. The first kappa shape index (κ1) is 17.6. The van der Waals surface area contributed by atoms with E-state index in [4.69, 9.17) is 16.3 Å². The molecule has 2 atom stereocenters. The van der Waals surface area contributed by atoms with Crippen molar-refractivity contribution in [3.63, 3.8) is 0 Å². The molecular formula is C15H17ClN2O4S2. The lowest BCUT2D eigenvalue weighted by molar-refractivity contribution is -0.119. The molecule has 2 fully saturated rings. The highest BCUT2D eigenvalue weighted by Gasteiger charge is 2.48. The molecule has 3 rings (SSSR count). The second-order valence-electron chi connectivity index (χ2n) is 5.62. The van der Waals surface area contributed by atoms with Gasteiger partial charge in [0, 0.05) is 16.8 Å². The molecule has 0 radical (unpaired) electrons. The van der Waals surface area contributed by atoms with Gasteiger partial charge in [0.05, 0.1) is 17.5 Å². The highest BCUT2D eigenvalue weighted by atomic mass is 35.5. The van der Waals surface area contributed by atoms with Crippen LogP contribution in [0.2, 0.25) is 5.02 Å². The fraction of sp³-hybridized carbons (Fsp3) is 0.467. The number of fused-ring (bicyclic) bond motifs is 1. The van der Waals surface area contributed by atoms with Gasteiger partial charge in [0.25, 0.3) is 5.91 Å². The first-order valence-corrected chi connectivity index (χ1v) is 10.6. The molecule has 130 valence electrons. The van der Waals surface area contributed by atoms with Crippen LogP contribution < -0.4 is 4.74 Å². The Morgan fingerprint density at radius 1 is 1.38 bits per heavy atom. The maximum Gasteiger partial charge on any atom is 0.285 e. The number of rotatable bonds is 4. The van der Waals surface area contributed by atoms with Gasteiger partial charge in [0.1, 0.15) is 5.75 Å². The average Bonchev–Trinajstić information content (AvgIpc) is 2.97. The Kier molecular flexibility index (Phi) is 5.08. The van der Waals surface area contributed by atoms with Gasteiger partial charge >= 0.3 is 0 Å². The summed E-state index contributed by atoms with van der Waals surface area (Å²) < 4.78 is 28.9. The molecule has 1 aromatic carbocycles. The first-order valence-electron chi connectivity index (χ1n) is 7.51. The molecule has 0 aliphatic carbocycles. The molecule has 0 spiro atoms. The number of aliphatic imine (C=N–C) groups is 1. The van der Waals surface area contributed by atoms with Crippen molar-refractivity contribution in [3.8, 4) is 5.75 Å². The number of ether oxygens (including phenoxy) is 1. The standard InChI is InChI=1S/C15H17ClN2O4S2/c1-2-18-12-8-24(20,21)9-13(12)23-15(18)17-14(19)7-22-11-5-3-10(16)4-6-11/h3-6,12-13H,2,7-9H2,1H3/t12-,13-/m0/s1. The Bertz CT molecular complexity index is 764. The summed E-state index contributed by atoms with van der Waals surface area (Å²) in [5.74, 6) is 0.427. The van der Waals surface area contributed by atoms with Gasteiger partial charge in [-0.2, -0.15) is 4.99 Å². The highest BCUT2D eigenvalue weighted by Crippen LogP contribution is 2.37. The molecule has 2 saturated heterocycles. The van der Waals surface area contributed by atoms with Gasteiger partial charge in [-0.15, -0.1) is 0 Å². The summed E-state index contributed by atoms with van der Waals surface area (Å²) in [4.78, 5) is 18.1. The number of hydrogen-bond donors (Lipinski definition) is 0. The molecule has 0 bridgehead atoms. The minimum atomic E-state index is -2.99. The molecule has 2 aliphatic heterocycles. The van der Waals surface area contributed by atoms with Gasteiger partial charge in [0.2, 0.25) is 0 Å². The van der Waals surface area contributed by atoms with E-state index in [2.05, 4.69) is 4.99 Å². The number of halogens is 1. The fourth-order valence-corrected chi connectivity index (χ4v) is 6.98. The first-order chi connectivity index (χ1) is 11.4. The Hall–Kier alpha value is -1.25. The van der Waals surface area contributed by atoms with Crippen molar-refractivity contribution < 1.29 is 17.9 Å². The molecule has 0 N–H and O–H groups in total. The number of nitrogens with zero attached hydrogens (tertiary/aromatic N) is 2. The molecule has 1 aromatic rings. The van der Waals surface area contributed by atoms with Gasteiger partial charge in [-0.3, -0.25) is 4.79 Å². The Balaban J connectivity index is 1.63. The number of benzene rings is 1. The van der Waals surface area contributed by atoms with Crippen LogP contribution >= 0.6 is 23.4 Å². The van der Waals surface area contributed by atoms with Crippen molar-refractivity contribution in [2.75, 3.05) is 24.7 Å². The smallest absolute Gasteiger partial charge is 0.285 e. The van der Waals surface area contributed by atoms with Crippen LogP contribution in [0.3, 0.4) is 0 Å². The van der Waals surface area contributed by atoms with Crippen LogP contribution in [-0.4, -0.2) is 60.3 Å². The Morgan fingerprint density at radius 2 is 2.08 bits per heavy atom. The van der Waals surface area contributed by atoms with Crippen LogP contribution in [0.25, 0.3) is 0 Å². The Morgan fingerprint density at radius 3 is 2.75 bits per heavy atom. The SMILES string of the molecule is CCN1C(=NC(=O)COc2ccc(Cl)cc2)S[C@H]2CS(=O)(=O)C[C@@H]21. The summed E-state index contributed by atoms with van der Waals surface area (Å²) in [6, 6.07) is 6.64. The van der Waals surface area contributed by atoms with Crippen molar-refractivity contribution in [1.29, 1.82) is 0 Å². The van der Waals surface area contributed by atoms with Crippen molar-refractivity contribution in [3.05, 3.63) is 29.3 Å². The number of carbonyl (C=O) groups excluding carboxylic acids is 1. The lowest BCUT2D eigenvalue weighted by Gasteiger charge is -2.22. The van der Waals surface area contributed by atoms with Crippen LogP contribution in [0, 0.1) is 0 Å². The molecule has 0 saturated carbocycles. The number of thioether (sulfide) groups is 1. The van der Waals surface area contributed by atoms with Crippen LogP contribution in [0.5, 0.6) is 5.75 Å². The average molecular weight is 389 g/mol. The summed E-state index contributed by atoms with van der Waals surface area (Å²) in [5.41, 5.74) is 0. The minimum Gasteiger partial charge on any atom is -0.484 e. The maximum absolute atomic E-state index is 12.1. The largest absolute Gasteiger partial charge is 0.484 e. The molecular weight excluding hydrogens is 372 g/mol. The molecule has 1 amide bonds. The second kappa shape index (κ2) is 6.93. The topological polar surface area (TPSA) is 76.0 Å². The summed E-state index contributed by atoms with van der Waals surface area (Å²) in [7, 11) is -2.99. The van der Waals surface area contributed by atoms with Crippen molar-refractivity contribution >= 4 is 44.3 Å². The number of hydrogen-bond acceptors (Lipinski definition) is 5. The van der Waals surface area contributed by atoms with E-state index in [1.807, 2.05) is 11.8 Å². The molecule has 9 heteroatoms. The minimum absolute atomic E-state index is 0.0429. The van der Waals surface area contributed by atoms with E-state index < -0.39 is 15.7 Å². The van der Waals surface area contributed by atoms with Crippen molar-refractivity contribution in [2.45, 2.75) is 18.2 Å². The molecule has 2 aliphatic rings.